The van der Waals surface area contributed by atoms with Crippen LogP contribution < -0.4 is 15.4 Å². The molecule has 1 atom stereocenters. The van der Waals surface area contributed by atoms with Gasteiger partial charge in [-0.15, -0.1) is 11.3 Å². The van der Waals surface area contributed by atoms with Gasteiger partial charge in [-0.2, -0.15) is 5.26 Å². The number of nitriles is 1. The summed E-state index contributed by atoms with van der Waals surface area (Å²) in [5.74, 6) is 0.987. The molecule has 4 rings (SSSR count). The number of rotatable bonds is 5. The molecule has 2 N–H and O–H groups in total. The second-order valence-corrected chi connectivity index (χ2v) is 9.39. The van der Waals surface area contributed by atoms with E-state index in [1.807, 2.05) is 30.3 Å². The van der Waals surface area contributed by atoms with Crippen molar-refractivity contribution in [1.82, 2.24) is 5.32 Å². The number of ether oxygens (including phenoxy) is 1. The Morgan fingerprint density at radius 2 is 1.97 bits per heavy atom. The summed E-state index contributed by atoms with van der Waals surface area (Å²) in [6, 6.07) is 19.1. The number of thiocarbonyl (C=S) groups is 1. The maximum Gasteiger partial charge on any atom is 0.257 e. The van der Waals surface area contributed by atoms with Gasteiger partial charge in [0.05, 0.1) is 5.56 Å². The minimum Gasteiger partial charge on any atom is -0.489 e. The zero-order chi connectivity index (χ0) is 22.5. The second-order valence-electron chi connectivity index (χ2n) is 7.87. The molecule has 7 heteroatoms. The van der Waals surface area contributed by atoms with Crippen LogP contribution in [0.15, 0.2) is 54.6 Å². The number of amides is 1. The summed E-state index contributed by atoms with van der Waals surface area (Å²) in [6.45, 7) is 2.69. The molecule has 0 saturated carbocycles. The lowest BCUT2D eigenvalue weighted by molar-refractivity contribution is 0.0977. The Labute approximate surface area is 197 Å². The van der Waals surface area contributed by atoms with Crippen LogP contribution in [0, 0.1) is 17.2 Å². The highest BCUT2D eigenvalue weighted by molar-refractivity contribution is 7.80. The Bertz CT molecular complexity index is 1160. The number of benzene rings is 2. The largest absolute Gasteiger partial charge is 0.489 e. The van der Waals surface area contributed by atoms with E-state index in [2.05, 4.69) is 23.6 Å². The molecule has 1 aromatic heterocycles. The number of carbonyl (C=O) groups is 1. The van der Waals surface area contributed by atoms with Gasteiger partial charge >= 0.3 is 0 Å². The first-order valence-corrected chi connectivity index (χ1v) is 11.7. The number of nitrogens with one attached hydrogen (secondary N) is 2. The normalized spacial score (nSPS) is 14.7. The molecule has 32 heavy (non-hydrogen) atoms. The molecule has 1 aliphatic rings. The number of hydrogen-bond acceptors (Lipinski definition) is 5. The van der Waals surface area contributed by atoms with Crippen LogP contribution in [0.1, 0.15) is 45.3 Å². The predicted octanol–water partition coefficient (Wildman–Crippen LogP) is 5.45. The van der Waals surface area contributed by atoms with E-state index in [0.29, 0.717) is 34.4 Å². The fraction of sp³-hybridized carbons (Fsp3) is 0.240. The summed E-state index contributed by atoms with van der Waals surface area (Å²) in [7, 11) is 0. The van der Waals surface area contributed by atoms with Gasteiger partial charge in [-0.05, 0) is 72.8 Å². The van der Waals surface area contributed by atoms with Crippen LogP contribution in [0.25, 0.3) is 0 Å². The summed E-state index contributed by atoms with van der Waals surface area (Å²) in [5, 5.41) is 16.3. The first kappa shape index (κ1) is 22.0. The average Bonchev–Trinajstić information content (AvgIpc) is 3.14. The van der Waals surface area contributed by atoms with Crippen LogP contribution >= 0.6 is 23.6 Å². The standard InChI is InChI=1S/C25H23N3O2S2/c1-16-7-12-20-21(14-26)24(32-22(20)13-16)28-25(31)27-23(29)18-8-10-19(11-9-18)30-15-17-5-3-2-4-6-17/h2-6,8-11,16H,7,12-13,15H2,1H3,(H2,27,28,29,31)/t16-/m0/s1. The number of thiophene rings is 1. The molecule has 0 bridgehead atoms. The lowest BCUT2D eigenvalue weighted by Gasteiger charge is -2.17. The molecule has 0 saturated heterocycles. The summed E-state index contributed by atoms with van der Waals surface area (Å²) >= 11 is 6.89. The van der Waals surface area contributed by atoms with E-state index in [1.54, 1.807) is 35.6 Å². The number of fused-ring (bicyclic) bond motifs is 1. The SMILES string of the molecule is C[C@H]1CCc2c(sc(NC(=S)NC(=O)c3ccc(OCc4ccccc4)cc3)c2C#N)C1. The monoisotopic (exact) mass is 461 g/mol. The van der Waals surface area contributed by atoms with Crippen molar-refractivity contribution in [3.8, 4) is 11.8 Å². The van der Waals surface area contributed by atoms with Gasteiger partial charge in [0, 0.05) is 10.4 Å². The van der Waals surface area contributed by atoms with Crippen molar-refractivity contribution >= 4 is 39.6 Å². The molecule has 0 unspecified atom stereocenters. The molecular weight excluding hydrogens is 438 g/mol. The van der Waals surface area contributed by atoms with Crippen LogP contribution in [0.4, 0.5) is 5.00 Å². The van der Waals surface area contributed by atoms with Crippen molar-refractivity contribution in [3.63, 3.8) is 0 Å². The van der Waals surface area contributed by atoms with E-state index in [4.69, 9.17) is 17.0 Å². The Morgan fingerprint density at radius 1 is 1.22 bits per heavy atom. The molecule has 0 aliphatic heterocycles. The van der Waals surface area contributed by atoms with Gasteiger partial charge in [-0.1, -0.05) is 37.3 Å². The van der Waals surface area contributed by atoms with Gasteiger partial charge in [-0.25, -0.2) is 0 Å². The third-order valence-corrected chi connectivity index (χ3v) is 6.82. The van der Waals surface area contributed by atoms with E-state index < -0.39 is 0 Å². The number of hydrogen-bond donors (Lipinski definition) is 2. The molecule has 1 heterocycles. The van der Waals surface area contributed by atoms with Crippen molar-refractivity contribution < 1.29 is 9.53 Å². The zero-order valence-electron chi connectivity index (χ0n) is 17.7. The Morgan fingerprint density at radius 3 is 2.69 bits per heavy atom. The molecule has 1 amide bonds. The van der Waals surface area contributed by atoms with E-state index in [-0.39, 0.29) is 11.0 Å². The zero-order valence-corrected chi connectivity index (χ0v) is 19.3. The fourth-order valence-corrected chi connectivity index (χ4v) is 5.34. The van der Waals surface area contributed by atoms with E-state index in [9.17, 15) is 10.1 Å². The summed E-state index contributed by atoms with van der Waals surface area (Å²) in [4.78, 5) is 13.8. The topological polar surface area (TPSA) is 74.2 Å². The van der Waals surface area contributed by atoms with Crippen LogP contribution in [-0.2, 0) is 19.4 Å². The van der Waals surface area contributed by atoms with Crippen molar-refractivity contribution in [2.45, 2.75) is 32.8 Å². The van der Waals surface area contributed by atoms with Crippen LogP contribution in [-0.4, -0.2) is 11.0 Å². The van der Waals surface area contributed by atoms with Gasteiger partial charge < -0.3 is 10.1 Å². The van der Waals surface area contributed by atoms with Crippen molar-refractivity contribution in [2.75, 3.05) is 5.32 Å². The maximum atomic E-state index is 12.6. The molecule has 0 fully saturated rings. The number of nitrogens with zero attached hydrogens (tertiary/aromatic N) is 1. The van der Waals surface area contributed by atoms with Gasteiger partial charge in [0.25, 0.3) is 5.91 Å². The first-order chi connectivity index (χ1) is 15.5. The third kappa shape index (κ3) is 5.16. The maximum absolute atomic E-state index is 12.6. The molecule has 162 valence electrons. The summed E-state index contributed by atoms with van der Waals surface area (Å²) < 4.78 is 5.76. The van der Waals surface area contributed by atoms with Gasteiger partial charge in [0.1, 0.15) is 23.4 Å². The molecule has 0 radical (unpaired) electrons. The minimum absolute atomic E-state index is 0.183. The van der Waals surface area contributed by atoms with E-state index in [0.717, 1.165) is 30.4 Å². The number of carbonyl (C=O) groups excluding carboxylic acids is 1. The lowest BCUT2D eigenvalue weighted by atomic mass is 9.89. The first-order valence-electron chi connectivity index (χ1n) is 10.5. The van der Waals surface area contributed by atoms with Crippen LogP contribution in [0.5, 0.6) is 5.75 Å². The van der Waals surface area contributed by atoms with Crippen molar-refractivity contribution in [2.24, 2.45) is 5.92 Å². The highest BCUT2D eigenvalue weighted by atomic mass is 32.1. The average molecular weight is 462 g/mol. The molecule has 0 spiro atoms. The Hall–Kier alpha value is -3.21. The van der Waals surface area contributed by atoms with Gasteiger partial charge in [-0.3, -0.25) is 10.1 Å². The Kier molecular flexibility index (Phi) is 6.84. The van der Waals surface area contributed by atoms with Crippen LogP contribution in [0.2, 0.25) is 0 Å². The molecule has 5 nitrogen and oxygen atoms in total. The summed E-state index contributed by atoms with van der Waals surface area (Å²) in [6.07, 6.45) is 2.98. The Balaban J connectivity index is 1.35. The third-order valence-electron chi connectivity index (χ3n) is 5.44. The molecular formula is C25H23N3O2S2. The molecule has 2 aromatic carbocycles. The smallest absolute Gasteiger partial charge is 0.257 e. The van der Waals surface area contributed by atoms with Crippen molar-refractivity contribution in [3.05, 3.63) is 81.7 Å². The van der Waals surface area contributed by atoms with Gasteiger partial charge in [0.2, 0.25) is 0 Å². The predicted molar refractivity (Wildman–Crippen MR) is 131 cm³/mol. The van der Waals surface area contributed by atoms with E-state index >= 15 is 0 Å². The molecule has 1 aliphatic carbocycles. The minimum atomic E-state index is -0.314. The quantitative estimate of drug-likeness (QED) is 0.494. The fourth-order valence-electron chi connectivity index (χ4n) is 3.71. The van der Waals surface area contributed by atoms with Gasteiger partial charge in [0.15, 0.2) is 5.11 Å². The molecule has 3 aromatic rings. The van der Waals surface area contributed by atoms with Crippen LogP contribution in [0.3, 0.4) is 0 Å². The van der Waals surface area contributed by atoms with Crippen molar-refractivity contribution in [1.29, 1.82) is 5.26 Å². The summed E-state index contributed by atoms with van der Waals surface area (Å²) in [5.41, 5.74) is 3.32. The highest BCUT2D eigenvalue weighted by Gasteiger charge is 2.24. The van der Waals surface area contributed by atoms with E-state index in [1.165, 1.54) is 4.88 Å². The second kappa shape index (κ2) is 9.94. The highest BCUT2D eigenvalue weighted by Crippen LogP contribution is 2.39. The number of anilines is 1. The lowest BCUT2D eigenvalue weighted by Crippen LogP contribution is -2.34.